The maximum Gasteiger partial charge on any atom is 0.323 e. The van der Waals surface area contributed by atoms with Crippen LogP contribution in [-0.4, -0.2) is 40.1 Å². The Balaban J connectivity index is 1.66. The molecule has 114 valence electrons. The van der Waals surface area contributed by atoms with E-state index >= 15 is 0 Å². The molecule has 0 radical (unpaired) electrons. The zero-order valence-electron chi connectivity index (χ0n) is 12.0. The van der Waals surface area contributed by atoms with Crippen LogP contribution >= 0.6 is 11.3 Å². The molecule has 1 atom stereocenters. The Hall–Kier alpha value is -1.63. The van der Waals surface area contributed by atoms with E-state index in [2.05, 4.69) is 10.3 Å². The lowest BCUT2D eigenvalue weighted by Crippen LogP contribution is -2.49. The lowest BCUT2D eigenvalue weighted by Gasteiger charge is -2.37. The summed E-state index contributed by atoms with van der Waals surface area (Å²) in [4.78, 5) is 30.9. The molecule has 1 aromatic heterocycles. The van der Waals surface area contributed by atoms with Crippen molar-refractivity contribution in [2.75, 3.05) is 18.4 Å². The molecular formula is C14H19N3O3S. The van der Waals surface area contributed by atoms with E-state index in [1.807, 2.05) is 0 Å². The van der Waals surface area contributed by atoms with Gasteiger partial charge in [0.15, 0.2) is 5.13 Å². The summed E-state index contributed by atoms with van der Waals surface area (Å²) >= 11 is 1.53. The first-order chi connectivity index (χ1) is 9.98. The quantitative estimate of drug-likeness (QED) is 0.878. The van der Waals surface area contributed by atoms with Crippen LogP contribution in [0.2, 0.25) is 0 Å². The van der Waals surface area contributed by atoms with Gasteiger partial charge in [0, 0.05) is 18.0 Å². The van der Waals surface area contributed by atoms with Crippen LogP contribution < -0.4 is 5.32 Å². The number of carboxylic acid groups (broad SMARTS) is 1. The number of urea groups is 1. The van der Waals surface area contributed by atoms with Gasteiger partial charge in [-0.15, -0.1) is 11.3 Å². The average Bonchev–Trinajstić information content (AvgIpc) is 2.99. The number of piperidine rings is 1. The fourth-order valence-corrected chi connectivity index (χ4v) is 4.04. The number of aryl methyl sites for hydroxylation is 2. The molecule has 2 heterocycles. The van der Waals surface area contributed by atoms with Crippen LogP contribution in [-0.2, 0) is 17.6 Å². The number of hydrogen-bond donors (Lipinski definition) is 2. The lowest BCUT2D eigenvalue weighted by atomic mass is 9.82. The third-order valence-electron chi connectivity index (χ3n) is 4.31. The van der Waals surface area contributed by atoms with Crippen molar-refractivity contribution in [1.29, 1.82) is 0 Å². The highest BCUT2D eigenvalue weighted by atomic mass is 32.1. The van der Waals surface area contributed by atoms with E-state index in [4.69, 9.17) is 0 Å². The summed E-state index contributed by atoms with van der Waals surface area (Å²) in [5, 5.41) is 12.7. The van der Waals surface area contributed by atoms with Gasteiger partial charge < -0.3 is 10.0 Å². The minimum absolute atomic E-state index is 0.241. The molecule has 1 unspecified atom stereocenters. The molecule has 0 saturated carbocycles. The highest BCUT2D eigenvalue weighted by Crippen LogP contribution is 2.32. The molecule has 6 nitrogen and oxygen atoms in total. The highest BCUT2D eigenvalue weighted by molar-refractivity contribution is 7.15. The maximum atomic E-state index is 12.3. The van der Waals surface area contributed by atoms with Crippen molar-refractivity contribution in [1.82, 2.24) is 9.88 Å². The summed E-state index contributed by atoms with van der Waals surface area (Å²) in [6.07, 6.45) is 4.50. The number of rotatable bonds is 2. The second-order valence-corrected chi connectivity index (χ2v) is 7.15. The smallest absolute Gasteiger partial charge is 0.323 e. The van der Waals surface area contributed by atoms with E-state index in [0.29, 0.717) is 24.5 Å². The number of carbonyl (C=O) groups is 2. The van der Waals surface area contributed by atoms with E-state index in [0.717, 1.165) is 25.0 Å². The van der Waals surface area contributed by atoms with Crippen LogP contribution in [0.5, 0.6) is 0 Å². The number of nitrogens with one attached hydrogen (secondary N) is 1. The second kappa shape index (κ2) is 5.29. The van der Waals surface area contributed by atoms with Crippen molar-refractivity contribution in [2.24, 2.45) is 5.41 Å². The number of amides is 2. The van der Waals surface area contributed by atoms with Crippen LogP contribution in [0.25, 0.3) is 0 Å². The molecule has 1 aromatic rings. The third-order valence-corrected chi connectivity index (χ3v) is 5.38. The molecule has 1 aliphatic carbocycles. The number of carbonyl (C=O) groups excluding carboxylic acids is 1. The van der Waals surface area contributed by atoms with E-state index in [1.165, 1.54) is 16.2 Å². The van der Waals surface area contributed by atoms with Crippen LogP contribution in [0.1, 0.15) is 36.8 Å². The van der Waals surface area contributed by atoms with Crippen LogP contribution in [0.15, 0.2) is 0 Å². The standard InChI is InChI=1S/C14H19N3O3S/c1-14(11(18)19)6-3-7-17(8-14)13(20)16-12-15-9-4-2-5-10(9)21-12/h2-8H2,1H3,(H,18,19)(H,15,16,20). The number of aromatic nitrogens is 1. The number of aliphatic carboxylic acids is 1. The molecule has 0 spiro atoms. The number of fused-ring (bicyclic) bond motifs is 1. The topological polar surface area (TPSA) is 82.5 Å². The van der Waals surface area contributed by atoms with Gasteiger partial charge in [-0.2, -0.15) is 0 Å². The van der Waals surface area contributed by atoms with Gasteiger partial charge in [0.1, 0.15) is 0 Å². The molecule has 2 amide bonds. The normalized spacial score (nSPS) is 24.7. The van der Waals surface area contributed by atoms with E-state index < -0.39 is 11.4 Å². The molecule has 1 aliphatic heterocycles. The van der Waals surface area contributed by atoms with Crippen molar-refractivity contribution in [3.63, 3.8) is 0 Å². The first kappa shape index (κ1) is 14.3. The van der Waals surface area contributed by atoms with Crippen molar-refractivity contribution < 1.29 is 14.7 Å². The Morgan fingerprint density at radius 1 is 1.38 bits per heavy atom. The summed E-state index contributed by atoms with van der Waals surface area (Å²) in [6, 6.07) is -0.241. The van der Waals surface area contributed by atoms with Crippen molar-refractivity contribution in [3.8, 4) is 0 Å². The number of likely N-dealkylation sites (tertiary alicyclic amines) is 1. The molecule has 1 fully saturated rings. The molecule has 2 aliphatic rings. The first-order valence-electron chi connectivity index (χ1n) is 7.26. The summed E-state index contributed by atoms with van der Waals surface area (Å²) in [5.41, 5.74) is 0.254. The molecule has 0 bridgehead atoms. The van der Waals surface area contributed by atoms with Crippen LogP contribution in [0.3, 0.4) is 0 Å². The van der Waals surface area contributed by atoms with Gasteiger partial charge in [-0.25, -0.2) is 9.78 Å². The number of hydrogen-bond acceptors (Lipinski definition) is 4. The summed E-state index contributed by atoms with van der Waals surface area (Å²) in [5.74, 6) is -0.840. The lowest BCUT2D eigenvalue weighted by molar-refractivity contribution is -0.150. The Kier molecular flexibility index (Phi) is 3.61. The largest absolute Gasteiger partial charge is 0.481 e. The molecule has 0 aromatic carbocycles. The van der Waals surface area contributed by atoms with Crippen molar-refractivity contribution in [3.05, 3.63) is 10.6 Å². The van der Waals surface area contributed by atoms with E-state index in [1.54, 1.807) is 11.8 Å². The van der Waals surface area contributed by atoms with Crippen molar-refractivity contribution >= 4 is 28.5 Å². The average molecular weight is 309 g/mol. The van der Waals surface area contributed by atoms with Gasteiger partial charge in [-0.3, -0.25) is 10.1 Å². The molecule has 2 N–H and O–H groups in total. The Labute approximate surface area is 127 Å². The molecule has 21 heavy (non-hydrogen) atoms. The fourth-order valence-electron chi connectivity index (χ4n) is 3.00. The number of nitrogens with zero attached hydrogens (tertiary/aromatic N) is 2. The van der Waals surface area contributed by atoms with E-state index in [9.17, 15) is 14.7 Å². The van der Waals surface area contributed by atoms with Crippen molar-refractivity contribution in [2.45, 2.75) is 39.0 Å². The number of anilines is 1. The van der Waals surface area contributed by atoms with Gasteiger partial charge in [-0.05, 0) is 39.0 Å². The molecule has 1 saturated heterocycles. The predicted octanol–water partition coefficient (Wildman–Crippen LogP) is 2.35. The second-order valence-electron chi connectivity index (χ2n) is 6.06. The Bertz CT molecular complexity index is 565. The summed E-state index contributed by atoms with van der Waals surface area (Å²) in [7, 11) is 0. The monoisotopic (exact) mass is 309 g/mol. The van der Waals surface area contributed by atoms with Gasteiger partial charge in [0.25, 0.3) is 0 Å². The fraction of sp³-hybridized carbons (Fsp3) is 0.643. The Morgan fingerprint density at radius 2 is 2.19 bits per heavy atom. The maximum absolute atomic E-state index is 12.3. The zero-order valence-corrected chi connectivity index (χ0v) is 12.8. The number of thiazole rings is 1. The number of carboxylic acids is 1. The summed E-state index contributed by atoms with van der Waals surface area (Å²) < 4.78 is 0. The molecular weight excluding hydrogens is 290 g/mol. The van der Waals surface area contributed by atoms with Gasteiger partial charge >= 0.3 is 12.0 Å². The van der Waals surface area contributed by atoms with Crippen LogP contribution in [0, 0.1) is 5.41 Å². The van der Waals surface area contributed by atoms with Gasteiger partial charge in [0.05, 0.1) is 11.1 Å². The minimum atomic E-state index is -0.847. The minimum Gasteiger partial charge on any atom is -0.481 e. The SMILES string of the molecule is CC1(C(=O)O)CCCN(C(=O)Nc2nc3c(s2)CCC3)C1. The van der Waals surface area contributed by atoms with Gasteiger partial charge in [0.2, 0.25) is 0 Å². The predicted molar refractivity (Wildman–Crippen MR) is 79.7 cm³/mol. The Morgan fingerprint density at radius 3 is 2.90 bits per heavy atom. The molecule has 3 rings (SSSR count). The van der Waals surface area contributed by atoms with E-state index in [-0.39, 0.29) is 12.6 Å². The third kappa shape index (κ3) is 2.74. The first-order valence-corrected chi connectivity index (χ1v) is 8.07. The van der Waals surface area contributed by atoms with Gasteiger partial charge in [-0.1, -0.05) is 0 Å². The summed E-state index contributed by atoms with van der Waals surface area (Å²) in [6.45, 7) is 2.55. The molecule has 7 heteroatoms. The zero-order chi connectivity index (χ0) is 15.0. The van der Waals surface area contributed by atoms with Crippen LogP contribution in [0.4, 0.5) is 9.93 Å². The highest BCUT2D eigenvalue weighted by Gasteiger charge is 2.39.